The van der Waals surface area contributed by atoms with Crippen molar-refractivity contribution in [3.63, 3.8) is 0 Å². The van der Waals surface area contributed by atoms with Gasteiger partial charge in [-0.1, -0.05) is 0 Å². The van der Waals surface area contributed by atoms with Crippen LogP contribution in [0.15, 0.2) is 18.3 Å². The highest BCUT2D eigenvalue weighted by atomic mass is 16.5. The summed E-state index contributed by atoms with van der Waals surface area (Å²) >= 11 is 0. The van der Waals surface area contributed by atoms with Crippen molar-refractivity contribution < 1.29 is 9.53 Å². The van der Waals surface area contributed by atoms with E-state index in [-0.39, 0.29) is 12.4 Å². The number of anilines is 1. The van der Waals surface area contributed by atoms with Gasteiger partial charge in [0.1, 0.15) is 5.52 Å². The van der Waals surface area contributed by atoms with Gasteiger partial charge in [-0.3, -0.25) is 9.36 Å². The summed E-state index contributed by atoms with van der Waals surface area (Å²) in [4.78, 5) is 19.4. The van der Waals surface area contributed by atoms with E-state index in [1.54, 1.807) is 16.8 Å². The van der Waals surface area contributed by atoms with Gasteiger partial charge in [0.15, 0.2) is 5.65 Å². The summed E-state index contributed by atoms with van der Waals surface area (Å²) in [7, 11) is 1.36. The van der Waals surface area contributed by atoms with Crippen LogP contribution in [0, 0.1) is 0 Å². The number of esters is 1. The SMILES string of the molecule is COC(=O)CCn1c(N)nc2cccnc21. The molecule has 6 nitrogen and oxygen atoms in total. The Morgan fingerprint density at radius 1 is 1.62 bits per heavy atom. The summed E-state index contributed by atoms with van der Waals surface area (Å²) in [5, 5.41) is 0. The minimum absolute atomic E-state index is 0.253. The molecule has 0 fully saturated rings. The first kappa shape index (κ1) is 10.4. The monoisotopic (exact) mass is 220 g/mol. The van der Waals surface area contributed by atoms with Gasteiger partial charge in [-0.05, 0) is 12.1 Å². The Morgan fingerprint density at radius 3 is 3.19 bits per heavy atom. The van der Waals surface area contributed by atoms with E-state index < -0.39 is 0 Å². The second kappa shape index (κ2) is 4.18. The molecule has 0 saturated heterocycles. The van der Waals surface area contributed by atoms with E-state index >= 15 is 0 Å². The Bertz CT molecular complexity index is 521. The van der Waals surface area contributed by atoms with Crippen LogP contribution in [0.1, 0.15) is 6.42 Å². The van der Waals surface area contributed by atoms with Crippen LogP contribution < -0.4 is 5.73 Å². The van der Waals surface area contributed by atoms with E-state index in [1.807, 2.05) is 6.07 Å². The summed E-state index contributed by atoms with van der Waals surface area (Å²) in [6.07, 6.45) is 1.92. The van der Waals surface area contributed by atoms with Crippen molar-refractivity contribution >= 4 is 23.1 Å². The number of aromatic nitrogens is 3. The number of methoxy groups -OCH3 is 1. The Balaban J connectivity index is 2.29. The van der Waals surface area contributed by atoms with E-state index in [2.05, 4.69) is 14.7 Å². The van der Waals surface area contributed by atoms with Crippen LogP contribution in [0.5, 0.6) is 0 Å². The van der Waals surface area contributed by atoms with Crippen LogP contribution in [0.3, 0.4) is 0 Å². The average Bonchev–Trinajstić information content (AvgIpc) is 2.62. The molecule has 0 aliphatic carbocycles. The number of carbonyl (C=O) groups is 1. The van der Waals surface area contributed by atoms with Crippen molar-refractivity contribution in [1.29, 1.82) is 0 Å². The number of pyridine rings is 1. The maximum absolute atomic E-state index is 11.0. The quantitative estimate of drug-likeness (QED) is 0.765. The maximum atomic E-state index is 11.0. The van der Waals surface area contributed by atoms with Gasteiger partial charge < -0.3 is 10.5 Å². The maximum Gasteiger partial charge on any atom is 0.307 e. The standard InChI is InChI=1S/C10H12N4O2/c1-16-8(15)4-6-14-9-7(13-10(14)11)3-2-5-12-9/h2-3,5H,4,6H2,1H3,(H2,11,13). The molecule has 0 bridgehead atoms. The third-order valence-corrected chi connectivity index (χ3v) is 2.30. The van der Waals surface area contributed by atoms with Crippen molar-refractivity contribution in [3.8, 4) is 0 Å². The zero-order chi connectivity index (χ0) is 11.5. The van der Waals surface area contributed by atoms with E-state index in [0.29, 0.717) is 18.1 Å². The number of nitrogens with zero attached hydrogens (tertiary/aromatic N) is 3. The van der Waals surface area contributed by atoms with Gasteiger partial charge in [0, 0.05) is 12.7 Å². The molecule has 0 unspecified atom stereocenters. The summed E-state index contributed by atoms with van der Waals surface area (Å²) in [6.45, 7) is 0.423. The molecular formula is C10H12N4O2. The Kier molecular flexibility index (Phi) is 2.72. The second-order valence-electron chi connectivity index (χ2n) is 3.29. The number of ether oxygens (including phenoxy) is 1. The highest BCUT2D eigenvalue weighted by molar-refractivity contribution is 5.74. The topological polar surface area (TPSA) is 83.0 Å². The average molecular weight is 220 g/mol. The van der Waals surface area contributed by atoms with E-state index in [4.69, 9.17) is 5.73 Å². The number of hydrogen-bond donors (Lipinski definition) is 1. The molecule has 2 rings (SSSR count). The molecule has 0 saturated carbocycles. The lowest BCUT2D eigenvalue weighted by Crippen LogP contribution is -2.09. The molecule has 0 aromatic carbocycles. The zero-order valence-electron chi connectivity index (χ0n) is 8.88. The minimum atomic E-state index is -0.280. The van der Waals surface area contributed by atoms with Gasteiger partial charge >= 0.3 is 5.97 Å². The van der Waals surface area contributed by atoms with Crippen LogP contribution in [0.2, 0.25) is 0 Å². The summed E-state index contributed by atoms with van der Waals surface area (Å²) in [5.41, 5.74) is 7.15. The fourth-order valence-corrected chi connectivity index (χ4v) is 1.50. The second-order valence-corrected chi connectivity index (χ2v) is 3.29. The number of nitrogens with two attached hydrogens (primary N) is 1. The molecule has 0 amide bonds. The minimum Gasteiger partial charge on any atom is -0.469 e. The van der Waals surface area contributed by atoms with E-state index in [1.165, 1.54) is 7.11 Å². The molecule has 2 N–H and O–H groups in total. The molecule has 0 aliphatic heterocycles. The predicted octanol–water partition coefficient (Wildman–Crippen LogP) is 0.577. The molecule has 2 heterocycles. The molecule has 0 radical (unpaired) electrons. The van der Waals surface area contributed by atoms with Crippen LogP contribution >= 0.6 is 0 Å². The molecule has 16 heavy (non-hydrogen) atoms. The number of rotatable bonds is 3. The molecule has 84 valence electrons. The number of imidazole rings is 1. The fraction of sp³-hybridized carbons (Fsp3) is 0.300. The smallest absolute Gasteiger partial charge is 0.307 e. The van der Waals surface area contributed by atoms with Crippen molar-refractivity contribution in [2.24, 2.45) is 0 Å². The summed E-state index contributed by atoms with van der Waals surface area (Å²) < 4.78 is 6.27. The lowest BCUT2D eigenvalue weighted by Gasteiger charge is -2.03. The van der Waals surface area contributed by atoms with Crippen molar-refractivity contribution in [3.05, 3.63) is 18.3 Å². The van der Waals surface area contributed by atoms with Crippen molar-refractivity contribution in [2.75, 3.05) is 12.8 Å². The van der Waals surface area contributed by atoms with Crippen LogP contribution in [-0.2, 0) is 16.1 Å². The van der Waals surface area contributed by atoms with E-state index in [0.717, 1.165) is 5.52 Å². The highest BCUT2D eigenvalue weighted by Gasteiger charge is 2.10. The molecule has 2 aromatic rings. The molecule has 6 heteroatoms. The zero-order valence-corrected chi connectivity index (χ0v) is 8.88. The largest absolute Gasteiger partial charge is 0.469 e. The fourth-order valence-electron chi connectivity index (χ4n) is 1.50. The van der Waals surface area contributed by atoms with Crippen LogP contribution in [-0.4, -0.2) is 27.6 Å². The first-order valence-electron chi connectivity index (χ1n) is 4.86. The summed E-state index contributed by atoms with van der Waals surface area (Å²) in [6, 6.07) is 3.62. The first-order chi connectivity index (χ1) is 7.72. The number of aryl methyl sites for hydroxylation is 1. The molecule has 0 aliphatic rings. The highest BCUT2D eigenvalue weighted by Crippen LogP contribution is 2.15. The Labute approximate surface area is 92.0 Å². The van der Waals surface area contributed by atoms with Gasteiger partial charge in [-0.15, -0.1) is 0 Å². The normalized spacial score (nSPS) is 10.6. The van der Waals surface area contributed by atoms with Crippen LogP contribution in [0.25, 0.3) is 11.2 Å². The first-order valence-corrected chi connectivity index (χ1v) is 4.86. The lowest BCUT2D eigenvalue weighted by atomic mass is 10.4. The van der Waals surface area contributed by atoms with Crippen LogP contribution in [0.4, 0.5) is 5.95 Å². The van der Waals surface area contributed by atoms with Crippen molar-refractivity contribution in [2.45, 2.75) is 13.0 Å². The van der Waals surface area contributed by atoms with Gasteiger partial charge in [-0.25, -0.2) is 9.97 Å². The van der Waals surface area contributed by atoms with Gasteiger partial charge in [0.2, 0.25) is 5.95 Å². The van der Waals surface area contributed by atoms with E-state index in [9.17, 15) is 4.79 Å². The molecule has 2 aromatic heterocycles. The predicted molar refractivity (Wildman–Crippen MR) is 58.6 cm³/mol. The molecular weight excluding hydrogens is 208 g/mol. The van der Waals surface area contributed by atoms with Crippen molar-refractivity contribution in [1.82, 2.24) is 14.5 Å². The molecule has 0 atom stereocenters. The summed E-state index contributed by atoms with van der Waals surface area (Å²) in [5.74, 6) is 0.0785. The Hall–Kier alpha value is -2.11. The number of carbonyl (C=O) groups excluding carboxylic acids is 1. The van der Waals surface area contributed by atoms with Gasteiger partial charge in [0.05, 0.1) is 13.5 Å². The third kappa shape index (κ3) is 1.81. The number of fused-ring (bicyclic) bond motifs is 1. The van der Waals surface area contributed by atoms with Gasteiger partial charge in [0.25, 0.3) is 0 Å². The number of hydrogen-bond acceptors (Lipinski definition) is 5. The van der Waals surface area contributed by atoms with Gasteiger partial charge in [-0.2, -0.15) is 0 Å². The number of nitrogen functional groups attached to an aromatic ring is 1. The lowest BCUT2D eigenvalue weighted by molar-refractivity contribution is -0.140. The third-order valence-electron chi connectivity index (χ3n) is 2.30. The Morgan fingerprint density at radius 2 is 2.44 bits per heavy atom. The molecule has 0 spiro atoms.